The highest BCUT2D eigenvalue weighted by molar-refractivity contribution is 9.10. The first-order valence-electron chi connectivity index (χ1n) is 10.5. The number of rotatable bonds is 8. The fourth-order valence-corrected chi connectivity index (χ4v) is 3.74. The number of para-hydroxylation sites is 1. The molecule has 4 nitrogen and oxygen atoms in total. The van der Waals surface area contributed by atoms with E-state index in [1.54, 1.807) is 13.3 Å². The van der Waals surface area contributed by atoms with E-state index in [0.717, 1.165) is 32.8 Å². The number of hydrogen-bond donors (Lipinski definition) is 0. The summed E-state index contributed by atoms with van der Waals surface area (Å²) < 4.78 is 18.2. The van der Waals surface area contributed by atoms with Crippen LogP contribution in [0.4, 0.5) is 5.69 Å². The van der Waals surface area contributed by atoms with Gasteiger partial charge in [-0.15, -0.1) is 0 Å². The van der Waals surface area contributed by atoms with Crippen molar-refractivity contribution < 1.29 is 14.2 Å². The van der Waals surface area contributed by atoms with Gasteiger partial charge in [-0.05, 0) is 82.5 Å². The molecule has 0 saturated carbocycles. The number of halogens is 1. The molecule has 166 valence electrons. The second-order valence-corrected chi connectivity index (χ2v) is 8.33. The van der Waals surface area contributed by atoms with Crippen LogP contribution in [0.15, 0.2) is 100 Å². The minimum atomic E-state index is 0.458. The predicted molar refractivity (Wildman–Crippen MR) is 136 cm³/mol. The molecule has 0 bridgehead atoms. The lowest BCUT2D eigenvalue weighted by atomic mass is 10.1. The van der Waals surface area contributed by atoms with E-state index in [2.05, 4.69) is 52.1 Å². The number of aryl methyl sites for hydroxylation is 1. The Hall–Kier alpha value is -3.57. The number of methoxy groups -OCH3 is 1. The van der Waals surface area contributed by atoms with Crippen LogP contribution >= 0.6 is 15.9 Å². The summed E-state index contributed by atoms with van der Waals surface area (Å²) in [6.45, 7) is 2.53. The molecule has 0 N–H and O–H groups in total. The van der Waals surface area contributed by atoms with Crippen LogP contribution in [0.2, 0.25) is 0 Å². The van der Waals surface area contributed by atoms with Gasteiger partial charge in [0.2, 0.25) is 0 Å². The molecule has 0 aliphatic rings. The summed E-state index contributed by atoms with van der Waals surface area (Å²) >= 11 is 3.61. The van der Waals surface area contributed by atoms with Crippen molar-refractivity contribution in [2.24, 2.45) is 4.99 Å². The van der Waals surface area contributed by atoms with Gasteiger partial charge in [-0.25, -0.2) is 0 Å². The second kappa shape index (κ2) is 10.8. The molecule has 0 fully saturated rings. The van der Waals surface area contributed by atoms with Gasteiger partial charge in [0.05, 0.1) is 17.3 Å². The normalized spacial score (nSPS) is 10.9. The average molecular weight is 502 g/mol. The number of aliphatic imine (C=N–C) groups is 1. The molecule has 0 aliphatic carbocycles. The van der Waals surface area contributed by atoms with Gasteiger partial charge < -0.3 is 14.2 Å². The molecule has 0 aromatic heterocycles. The van der Waals surface area contributed by atoms with Crippen LogP contribution in [0.25, 0.3) is 0 Å². The Labute approximate surface area is 202 Å². The minimum absolute atomic E-state index is 0.458. The number of benzene rings is 4. The standard InChI is InChI=1S/C28H24BrNO3/c1-20-8-10-21(11-9-20)19-32-28-26(29)16-22(17-27(28)31-2)18-30-23-12-14-25(15-13-23)33-24-6-4-3-5-7-24/h3-18H,19H2,1-2H3. The zero-order valence-corrected chi connectivity index (χ0v) is 20.1. The van der Waals surface area contributed by atoms with Gasteiger partial charge in [-0.2, -0.15) is 0 Å². The van der Waals surface area contributed by atoms with E-state index in [0.29, 0.717) is 18.1 Å². The Kier molecular flexibility index (Phi) is 7.43. The highest BCUT2D eigenvalue weighted by Gasteiger charge is 2.11. The van der Waals surface area contributed by atoms with Crippen LogP contribution in [0, 0.1) is 6.92 Å². The fraction of sp³-hybridized carbons (Fsp3) is 0.107. The molecule has 0 radical (unpaired) electrons. The molecule has 4 aromatic carbocycles. The van der Waals surface area contributed by atoms with Gasteiger partial charge in [0.15, 0.2) is 11.5 Å². The third-order valence-electron chi connectivity index (χ3n) is 4.93. The second-order valence-electron chi connectivity index (χ2n) is 7.48. The summed E-state index contributed by atoms with van der Waals surface area (Å²) in [5, 5.41) is 0. The summed E-state index contributed by atoms with van der Waals surface area (Å²) in [7, 11) is 1.63. The summed E-state index contributed by atoms with van der Waals surface area (Å²) in [5.41, 5.74) is 4.04. The van der Waals surface area contributed by atoms with Crippen molar-refractivity contribution in [3.8, 4) is 23.0 Å². The van der Waals surface area contributed by atoms with Gasteiger partial charge in [-0.3, -0.25) is 4.99 Å². The van der Waals surface area contributed by atoms with Crippen LogP contribution in [0.1, 0.15) is 16.7 Å². The van der Waals surface area contributed by atoms with Crippen molar-refractivity contribution in [2.45, 2.75) is 13.5 Å². The van der Waals surface area contributed by atoms with E-state index in [-0.39, 0.29) is 0 Å². The van der Waals surface area contributed by atoms with E-state index in [4.69, 9.17) is 14.2 Å². The van der Waals surface area contributed by atoms with E-state index in [1.165, 1.54) is 5.56 Å². The molecular formula is C28H24BrNO3. The topological polar surface area (TPSA) is 40.0 Å². The van der Waals surface area contributed by atoms with Crippen molar-refractivity contribution in [1.82, 2.24) is 0 Å². The maximum Gasteiger partial charge on any atom is 0.175 e. The largest absolute Gasteiger partial charge is 0.493 e. The molecule has 4 rings (SSSR count). The highest BCUT2D eigenvalue weighted by atomic mass is 79.9. The van der Waals surface area contributed by atoms with Crippen LogP contribution in [-0.4, -0.2) is 13.3 Å². The predicted octanol–water partition coefficient (Wildman–Crippen LogP) is 7.89. The van der Waals surface area contributed by atoms with Crippen LogP contribution in [0.5, 0.6) is 23.0 Å². The number of ether oxygens (including phenoxy) is 3. The van der Waals surface area contributed by atoms with Crippen molar-refractivity contribution in [2.75, 3.05) is 7.11 Å². The molecule has 0 spiro atoms. The zero-order chi connectivity index (χ0) is 23.0. The molecule has 0 amide bonds. The minimum Gasteiger partial charge on any atom is -0.493 e. The van der Waals surface area contributed by atoms with Gasteiger partial charge in [0, 0.05) is 6.21 Å². The lowest BCUT2D eigenvalue weighted by Crippen LogP contribution is -1.99. The SMILES string of the molecule is COc1cc(C=Nc2ccc(Oc3ccccc3)cc2)cc(Br)c1OCc1ccc(C)cc1. The Bertz CT molecular complexity index is 1220. The monoisotopic (exact) mass is 501 g/mol. The summed E-state index contributed by atoms with van der Waals surface area (Å²) in [5.74, 6) is 2.87. The molecular weight excluding hydrogens is 478 g/mol. The van der Waals surface area contributed by atoms with E-state index in [1.807, 2.05) is 66.7 Å². The third kappa shape index (κ3) is 6.24. The first kappa shape index (κ1) is 22.6. The molecule has 0 aliphatic heterocycles. The first-order valence-corrected chi connectivity index (χ1v) is 11.3. The lowest BCUT2D eigenvalue weighted by molar-refractivity contribution is 0.282. The molecule has 4 aromatic rings. The highest BCUT2D eigenvalue weighted by Crippen LogP contribution is 2.37. The molecule has 0 atom stereocenters. The maximum atomic E-state index is 6.03. The van der Waals surface area contributed by atoms with E-state index in [9.17, 15) is 0 Å². The zero-order valence-electron chi connectivity index (χ0n) is 18.5. The molecule has 5 heteroatoms. The van der Waals surface area contributed by atoms with E-state index < -0.39 is 0 Å². The smallest absolute Gasteiger partial charge is 0.175 e. The fourth-order valence-electron chi connectivity index (χ4n) is 3.17. The van der Waals surface area contributed by atoms with Crippen molar-refractivity contribution in [3.63, 3.8) is 0 Å². The lowest BCUT2D eigenvalue weighted by Gasteiger charge is -2.13. The van der Waals surface area contributed by atoms with Crippen molar-refractivity contribution >= 4 is 27.8 Å². The Morgan fingerprint density at radius 2 is 1.55 bits per heavy atom. The molecule has 0 saturated heterocycles. The number of nitrogens with zero attached hydrogens (tertiary/aromatic N) is 1. The van der Waals surface area contributed by atoms with Gasteiger partial charge in [0.1, 0.15) is 18.1 Å². The van der Waals surface area contributed by atoms with Gasteiger partial charge >= 0.3 is 0 Å². The Morgan fingerprint density at radius 3 is 2.24 bits per heavy atom. The molecule has 0 heterocycles. The van der Waals surface area contributed by atoms with E-state index >= 15 is 0 Å². The van der Waals surface area contributed by atoms with Gasteiger partial charge in [-0.1, -0.05) is 48.0 Å². The molecule has 33 heavy (non-hydrogen) atoms. The van der Waals surface area contributed by atoms with Crippen LogP contribution in [0.3, 0.4) is 0 Å². The maximum absolute atomic E-state index is 6.03. The Morgan fingerprint density at radius 1 is 0.848 bits per heavy atom. The summed E-state index contributed by atoms with van der Waals surface area (Å²) in [6, 6.07) is 29.5. The molecule has 0 unspecified atom stereocenters. The third-order valence-corrected chi connectivity index (χ3v) is 5.52. The average Bonchev–Trinajstić information content (AvgIpc) is 2.84. The summed E-state index contributed by atoms with van der Waals surface area (Å²) in [4.78, 5) is 4.57. The van der Waals surface area contributed by atoms with Gasteiger partial charge in [0.25, 0.3) is 0 Å². The van der Waals surface area contributed by atoms with Crippen LogP contribution in [-0.2, 0) is 6.61 Å². The van der Waals surface area contributed by atoms with Crippen molar-refractivity contribution in [1.29, 1.82) is 0 Å². The quantitative estimate of drug-likeness (QED) is 0.230. The Balaban J connectivity index is 1.44. The summed E-state index contributed by atoms with van der Waals surface area (Å²) in [6.07, 6.45) is 1.80. The van der Waals surface area contributed by atoms with Crippen LogP contribution < -0.4 is 14.2 Å². The van der Waals surface area contributed by atoms with Crippen molar-refractivity contribution in [3.05, 3.63) is 112 Å². The first-order chi connectivity index (χ1) is 16.1. The number of hydrogen-bond acceptors (Lipinski definition) is 4.